The molecule has 0 aliphatic rings. The van der Waals surface area contributed by atoms with E-state index in [-0.39, 0.29) is 5.91 Å². The third kappa shape index (κ3) is 14.6. The van der Waals surface area contributed by atoms with Crippen LogP contribution in [0.5, 0.6) is 0 Å². The third-order valence-electron chi connectivity index (χ3n) is 2.69. The Kier molecular flexibility index (Phi) is 13.8. The first-order chi connectivity index (χ1) is 8.88. The highest BCUT2D eigenvalue weighted by molar-refractivity contribution is 5.70. The Morgan fingerprint density at radius 3 is 1.79 bits per heavy atom. The van der Waals surface area contributed by atoms with Crippen molar-refractivity contribution in [2.45, 2.75) is 67.2 Å². The first kappa shape index (κ1) is 20.0. The SMILES string of the molecule is CC(N)=O.CCCCC.CCc1ccc(C)c(C)c1. The molecule has 1 amide bonds. The largest absolute Gasteiger partial charge is 0.370 e. The van der Waals surface area contributed by atoms with Crippen LogP contribution in [-0.2, 0) is 11.2 Å². The zero-order valence-corrected chi connectivity index (χ0v) is 13.5. The van der Waals surface area contributed by atoms with Crippen molar-refractivity contribution in [3.63, 3.8) is 0 Å². The Hall–Kier alpha value is -1.31. The highest BCUT2D eigenvalue weighted by Crippen LogP contribution is 2.09. The van der Waals surface area contributed by atoms with Crippen LogP contribution in [0.4, 0.5) is 0 Å². The second-order valence-corrected chi connectivity index (χ2v) is 4.74. The van der Waals surface area contributed by atoms with Gasteiger partial charge in [0.05, 0.1) is 0 Å². The molecule has 0 unspecified atom stereocenters. The molecule has 0 fully saturated rings. The molecule has 2 N–H and O–H groups in total. The van der Waals surface area contributed by atoms with Gasteiger partial charge in [0.15, 0.2) is 0 Å². The number of nitrogens with two attached hydrogens (primary N) is 1. The Morgan fingerprint density at radius 1 is 1.05 bits per heavy atom. The zero-order chi connectivity index (χ0) is 15.3. The number of carbonyl (C=O) groups excluding carboxylic acids is 1. The van der Waals surface area contributed by atoms with E-state index in [0.717, 1.165) is 6.42 Å². The van der Waals surface area contributed by atoms with Gasteiger partial charge >= 0.3 is 0 Å². The standard InChI is InChI=1S/C10H14.C5H12.C2H5NO/c1-4-10-6-5-8(2)9(3)7-10;1-3-5-4-2;1-2(3)4/h5-7H,4H2,1-3H3;3-5H2,1-2H3;1H3,(H2,3,4). The molecule has 0 saturated carbocycles. The lowest BCUT2D eigenvalue weighted by atomic mass is 10.1. The summed E-state index contributed by atoms with van der Waals surface area (Å²) in [4.78, 5) is 9.22. The number of hydrogen-bond donors (Lipinski definition) is 1. The van der Waals surface area contributed by atoms with E-state index in [1.807, 2.05) is 0 Å². The number of carbonyl (C=O) groups is 1. The minimum atomic E-state index is -0.333. The van der Waals surface area contributed by atoms with Crippen LogP contribution in [0, 0.1) is 13.8 Å². The molecule has 0 aromatic heterocycles. The molecule has 0 saturated heterocycles. The summed E-state index contributed by atoms with van der Waals surface area (Å²) in [7, 11) is 0. The molecule has 0 aliphatic carbocycles. The van der Waals surface area contributed by atoms with E-state index in [0.29, 0.717) is 0 Å². The highest BCUT2D eigenvalue weighted by atomic mass is 16.1. The lowest BCUT2D eigenvalue weighted by Crippen LogP contribution is -2.01. The van der Waals surface area contributed by atoms with Crippen molar-refractivity contribution in [2.75, 3.05) is 0 Å². The van der Waals surface area contributed by atoms with Crippen molar-refractivity contribution in [3.05, 3.63) is 34.9 Å². The van der Waals surface area contributed by atoms with Gasteiger partial charge in [-0.05, 0) is 37.0 Å². The first-order valence-electron chi connectivity index (χ1n) is 7.21. The summed E-state index contributed by atoms with van der Waals surface area (Å²) in [5.74, 6) is -0.333. The summed E-state index contributed by atoms with van der Waals surface area (Å²) >= 11 is 0. The molecular formula is C17H31NO. The maximum atomic E-state index is 9.22. The number of benzene rings is 1. The van der Waals surface area contributed by atoms with Gasteiger partial charge in [0.2, 0.25) is 5.91 Å². The van der Waals surface area contributed by atoms with Crippen LogP contribution in [0.25, 0.3) is 0 Å². The third-order valence-corrected chi connectivity index (χ3v) is 2.69. The van der Waals surface area contributed by atoms with Gasteiger partial charge in [-0.25, -0.2) is 0 Å². The second kappa shape index (κ2) is 13.1. The van der Waals surface area contributed by atoms with Crippen molar-refractivity contribution in [1.29, 1.82) is 0 Å². The van der Waals surface area contributed by atoms with Crippen LogP contribution in [0.3, 0.4) is 0 Å². The summed E-state index contributed by atoms with van der Waals surface area (Å²) in [6.45, 7) is 12.2. The van der Waals surface area contributed by atoms with E-state index >= 15 is 0 Å². The van der Waals surface area contributed by atoms with Crippen LogP contribution in [0.2, 0.25) is 0 Å². The Bertz CT molecular complexity index is 339. The smallest absolute Gasteiger partial charge is 0.214 e. The number of primary amides is 1. The quantitative estimate of drug-likeness (QED) is 0.855. The Morgan fingerprint density at radius 2 is 1.53 bits per heavy atom. The fourth-order valence-corrected chi connectivity index (χ4v) is 1.38. The fourth-order valence-electron chi connectivity index (χ4n) is 1.38. The predicted octanol–water partition coefficient (Wildman–Crippen LogP) is 4.55. The molecule has 0 radical (unpaired) electrons. The molecule has 0 atom stereocenters. The van der Waals surface area contributed by atoms with Gasteiger partial charge < -0.3 is 5.73 Å². The van der Waals surface area contributed by atoms with Crippen LogP contribution < -0.4 is 5.73 Å². The molecule has 2 nitrogen and oxygen atoms in total. The number of aryl methyl sites for hydroxylation is 3. The molecule has 1 aromatic carbocycles. The van der Waals surface area contributed by atoms with E-state index in [1.54, 1.807) is 0 Å². The second-order valence-electron chi connectivity index (χ2n) is 4.74. The van der Waals surface area contributed by atoms with E-state index in [1.165, 1.54) is 42.9 Å². The van der Waals surface area contributed by atoms with Crippen molar-refractivity contribution in [3.8, 4) is 0 Å². The fraction of sp³-hybridized carbons (Fsp3) is 0.588. The topological polar surface area (TPSA) is 43.1 Å². The van der Waals surface area contributed by atoms with E-state index < -0.39 is 0 Å². The highest BCUT2D eigenvalue weighted by Gasteiger charge is 1.92. The molecule has 0 heterocycles. The number of unbranched alkanes of at least 4 members (excludes halogenated alkanes) is 2. The molecule has 1 rings (SSSR count). The maximum absolute atomic E-state index is 9.22. The van der Waals surface area contributed by atoms with E-state index in [2.05, 4.69) is 58.6 Å². The average Bonchev–Trinajstić information content (AvgIpc) is 2.34. The minimum absolute atomic E-state index is 0.333. The Balaban J connectivity index is 0. The van der Waals surface area contributed by atoms with Gasteiger partial charge in [0, 0.05) is 6.92 Å². The van der Waals surface area contributed by atoms with Gasteiger partial charge in [-0.15, -0.1) is 0 Å². The van der Waals surface area contributed by atoms with Gasteiger partial charge in [-0.3, -0.25) is 4.79 Å². The predicted molar refractivity (Wildman–Crippen MR) is 85.4 cm³/mol. The van der Waals surface area contributed by atoms with Crippen LogP contribution in [0.1, 0.15) is 63.6 Å². The van der Waals surface area contributed by atoms with Crippen molar-refractivity contribution >= 4 is 5.91 Å². The Labute approximate surface area is 119 Å². The number of rotatable bonds is 3. The first-order valence-corrected chi connectivity index (χ1v) is 7.21. The molecule has 1 aromatic rings. The van der Waals surface area contributed by atoms with Crippen LogP contribution in [-0.4, -0.2) is 5.91 Å². The van der Waals surface area contributed by atoms with Crippen molar-refractivity contribution in [1.82, 2.24) is 0 Å². The molecule has 0 bridgehead atoms. The number of amides is 1. The summed E-state index contributed by atoms with van der Waals surface area (Å²) < 4.78 is 0. The summed E-state index contributed by atoms with van der Waals surface area (Å²) in [6.07, 6.45) is 5.22. The van der Waals surface area contributed by atoms with Gasteiger partial charge in [-0.2, -0.15) is 0 Å². The van der Waals surface area contributed by atoms with Gasteiger partial charge in [-0.1, -0.05) is 58.2 Å². The average molecular weight is 265 g/mol. The summed E-state index contributed by atoms with van der Waals surface area (Å²) in [6, 6.07) is 6.64. The van der Waals surface area contributed by atoms with E-state index in [9.17, 15) is 4.79 Å². The molecule has 19 heavy (non-hydrogen) atoms. The van der Waals surface area contributed by atoms with Crippen LogP contribution >= 0.6 is 0 Å². The lowest BCUT2D eigenvalue weighted by Gasteiger charge is -2.01. The molecule has 0 aliphatic heterocycles. The molecule has 110 valence electrons. The van der Waals surface area contributed by atoms with E-state index in [4.69, 9.17) is 0 Å². The number of hydrogen-bond acceptors (Lipinski definition) is 1. The van der Waals surface area contributed by atoms with Gasteiger partial charge in [0.25, 0.3) is 0 Å². The summed E-state index contributed by atoms with van der Waals surface area (Å²) in [5.41, 5.74) is 8.69. The lowest BCUT2D eigenvalue weighted by molar-refractivity contribution is -0.115. The molecule has 2 heteroatoms. The maximum Gasteiger partial charge on any atom is 0.214 e. The minimum Gasteiger partial charge on any atom is -0.370 e. The van der Waals surface area contributed by atoms with Crippen molar-refractivity contribution in [2.24, 2.45) is 5.73 Å². The zero-order valence-electron chi connectivity index (χ0n) is 13.5. The van der Waals surface area contributed by atoms with Crippen molar-refractivity contribution < 1.29 is 4.79 Å². The van der Waals surface area contributed by atoms with Gasteiger partial charge in [0.1, 0.15) is 0 Å². The summed E-state index contributed by atoms with van der Waals surface area (Å²) in [5, 5.41) is 0. The normalized spacial score (nSPS) is 8.74. The monoisotopic (exact) mass is 265 g/mol. The van der Waals surface area contributed by atoms with Crippen LogP contribution in [0.15, 0.2) is 18.2 Å². The molecular weight excluding hydrogens is 234 g/mol. The molecule has 0 spiro atoms.